The number of rotatable bonds is 7. The van der Waals surface area contributed by atoms with Crippen molar-refractivity contribution in [1.82, 2.24) is 4.90 Å². The Bertz CT molecular complexity index is 1070. The third kappa shape index (κ3) is 5.13. The maximum atomic E-state index is 14.8. The zero-order chi connectivity index (χ0) is 24.5. The number of ketones is 1. The molecule has 0 radical (unpaired) electrons. The van der Waals surface area contributed by atoms with Crippen LogP contribution in [0, 0.1) is 11.2 Å². The summed E-state index contributed by atoms with van der Waals surface area (Å²) in [5, 5.41) is 0.521. The monoisotopic (exact) mass is 482 g/mol. The number of unbranched alkanes of at least 4 members (excludes halogenated alkanes) is 1. The standard InChI is InChI=1S/C29H36ClFN2O/c1-5-6-7-27(34)22-10-8-21(9-11-22)20(2)33-19-26(24-18-23(30)12-13-25(24)31)32-29(33)16-14-28(3,4)15-17-29/h8-13,18,20H,5-7,14-17,19H2,1-4H3. The molecule has 1 fully saturated rings. The Morgan fingerprint density at radius 1 is 1.12 bits per heavy atom. The van der Waals surface area contributed by atoms with Crippen molar-refractivity contribution >= 4 is 23.1 Å². The van der Waals surface area contributed by atoms with Crippen LogP contribution in [0.2, 0.25) is 5.02 Å². The number of nitrogens with zero attached hydrogens (tertiary/aromatic N) is 2. The molecule has 3 nitrogen and oxygen atoms in total. The lowest BCUT2D eigenvalue weighted by atomic mass is 9.72. The SMILES string of the molecule is CCCCC(=O)c1ccc(C(C)N2CC(c3cc(Cl)ccc3F)=NC23CCC(C)(C)CC3)cc1. The van der Waals surface area contributed by atoms with E-state index in [1.807, 2.05) is 12.1 Å². The first-order valence-electron chi connectivity index (χ1n) is 12.6. The van der Waals surface area contributed by atoms with Gasteiger partial charge in [-0.15, -0.1) is 0 Å². The van der Waals surface area contributed by atoms with E-state index in [1.54, 1.807) is 12.1 Å². The third-order valence-electron chi connectivity index (χ3n) is 7.78. The largest absolute Gasteiger partial charge is 0.294 e. The van der Waals surface area contributed by atoms with Gasteiger partial charge in [-0.05, 0) is 68.2 Å². The van der Waals surface area contributed by atoms with Gasteiger partial charge in [-0.1, -0.05) is 63.1 Å². The van der Waals surface area contributed by atoms with Gasteiger partial charge in [-0.2, -0.15) is 0 Å². The molecule has 0 amide bonds. The van der Waals surface area contributed by atoms with Crippen molar-refractivity contribution in [1.29, 1.82) is 0 Å². The van der Waals surface area contributed by atoms with Crippen LogP contribution in [0.1, 0.15) is 100 Å². The number of Topliss-reactive ketones (excluding diaryl/α,β-unsaturated/α-hetero) is 1. The van der Waals surface area contributed by atoms with Crippen molar-refractivity contribution in [3.8, 4) is 0 Å². The minimum Gasteiger partial charge on any atom is -0.294 e. The van der Waals surface area contributed by atoms with E-state index in [-0.39, 0.29) is 23.3 Å². The fourth-order valence-corrected chi connectivity index (χ4v) is 5.53. The number of halogens is 2. The Kier molecular flexibility index (Phi) is 7.30. The lowest BCUT2D eigenvalue weighted by molar-refractivity contribution is 0.0208. The van der Waals surface area contributed by atoms with Crippen LogP contribution in [0.5, 0.6) is 0 Å². The highest BCUT2D eigenvalue weighted by Crippen LogP contribution is 2.48. The number of aliphatic imine (C=N–C) groups is 1. The highest BCUT2D eigenvalue weighted by atomic mass is 35.5. The number of hydrogen-bond acceptors (Lipinski definition) is 3. The zero-order valence-electron chi connectivity index (χ0n) is 20.8. The van der Waals surface area contributed by atoms with Crippen LogP contribution in [0.3, 0.4) is 0 Å². The Hall–Kier alpha value is -2.04. The van der Waals surface area contributed by atoms with E-state index in [2.05, 4.69) is 44.7 Å². The van der Waals surface area contributed by atoms with Crippen LogP contribution < -0.4 is 0 Å². The fraction of sp³-hybridized carbons (Fsp3) is 0.517. The summed E-state index contributed by atoms with van der Waals surface area (Å²) in [7, 11) is 0. The normalized spacial score (nSPS) is 20.4. The number of benzene rings is 2. The van der Waals surface area contributed by atoms with Gasteiger partial charge >= 0.3 is 0 Å². The molecule has 1 saturated carbocycles. The van der Waals surface area contributed by atoms with E-state index >= 15 is 0 Å². The van der Waals surface area contributed by atoms with Gasteiger partial charge in [0, 0.05) is 35.2 Å². The van der Waals surface area contributed by atoms with Crippen molar-refractivity contribution in [2.45, 2.75) is 84.3 Å². The van der Waals surface area contributed by atoms with Crippen LogP contribution in [0.4, 0.5) is 4.39 Å². The Labute approximate surface area is 208 Å². The first kappa shape index (κ1) is 25.1. The van der Waals surface area contributed by atoms with Gasteiger partial charge in [0.1, 0.15) is 11.5 Å². The topological polar surface area (TPSA) is 32.7 Å². The molecule has 1 unspecified atom stereocenters. The highest BCUT2D eigenvalue weighted by Gasteiger charge is 2.48. The molecule has 4 rings (SSSR count). The molecule has 182 valence electrons. The summed E-state index contributed by atoms with van der Waals surface area (Å²) in [5.41, 5.74) is 3.16. The molecule has 5 heteroatoms. The lowest BCUT2D eigenvalue weighted by Gasteiger charge is -2.46. The second-order valence-corrected chi connectivity index (χ2v) is 11.2. The molecular formula is C29H36ClFN2O. The molecule has 1 aliphatic heterocycles. The van der Waals surface area contributed by atoms with Gasteiger partial charge in [0.25, 0.3) is 0 Å². The van der Waals surface area contributed by atoms with Crippen molar-refractivity contribution in [3.63, 3.8) is 0 Å². The molecule has 0 aromatic heterocycles. The van der Waals surface area contributed by atoms with Gasteiger partial charge in [0.05, 0.1) is 5.71 Å². The molecule has 2 aromatic rings. The Morgan fingerprint density at radius 2 is 1.79 bits per heavy atom. The van der Waals surface area contributed by atoms with Crippen LogP contribution in [-0.2, 0) is 0 Å². The third-order valence-corrected chi connectivity index (χ3v) is 8.02. The predicted octanol–water partition coefficient (Wildman–Crippen LogP) is 8.01. The van der Waals surface area contributed by atoms with Crippen molar-refractivity contribution < 1.29 is 9.18 Å². The summed E-state index contributed by atoms with van der Waals surface area (Å²) in [6.45, 7) is 9.51. The smallest absolute Gasteiger partial charge is 0.162 e. The van der Waals surface area contributed by atoms with E-state index in [0.717, 1.165) is 55.4 Å². The van der Waals surface area contributed by atoms with Crippen molar-refractivity contribution in [3.05, 3.63) is 70.0 Å². The minimum atomic E-state index is -0.339. The zero-order valence-corrected chi connectivity index (χ0v) is 21.6. The Morgan fingerprint density at radius 3 is 2.44 bits per heavy atom. The van der Waals surface area contributed by atoms with E-state index in [4.69, 9.17) is 16.6 Å². The average molecular weight is 483 g/mol. The van der Waals surface area contributed by atoms with E-state index in [9.17, 15) is 9.18 Å². The van der Waals surface area contributed by atoms with Crippen molar-refractivity contribution in [2.24, 2.45) is 10.4 Å². The van der Waals surface area contributed by atoms with Gasteiger partial charge in [-0.25, -0.2) is 4.39 Å². The summed E-state index contributed by atoms with van der Waals surface area (Å²) in [6, 6.07) is 12.8. The molecule has 2 aromatic carbocycles. The fourth-order valence-electron chi connectivity index (χ4n) is 5.36. The molecule has 0 bridgehead atoms. The molecule has 34 heavy (non-hydrogen) atoms. The maximum Gasteiger partial charge on any atom is 0.162 e. The second kappa shape index (κ2) is 9.91. The highest BCUT2D eigenvalue weighted by molar-refractivity contribution is 6.31. The second-order valence-electron chi connectivity index (χ2n) is 10.8. The van der Waals surface area contributed by atoms with Crippen LogP contribution in [-0.4, -0.2) is 28.6 Å². The van der Waals surface area contributed by atoms with Gasteiger partial charge < -0.3 is 0 Å². The predicted molar refractivity (Wildman–Crippen MR) is 138 cm³/mol. The average Bonchev–Trinajstić information content (AvgIpc) is 3.20. The quantitative estimate of drug-likeness (QED) is 0.374. The molecule has 1 aliphatic carbocycles. The van der Waals surface area contributed by atoms with Crippen molar-refractivity contribution in [2.75, 3.05) is 6.54 Å². The Balaban J connectivity index is 1.63. The van der Waals surface area contributed by atoms with E-state index in [0.29, 0.717) is 29.0 Å². The first-order valence-corrected chi connectivity index (χ1v) is 13.0. The number of hydrogen-bond donors (Lipinski definition) is 0. The summed E-state index contributed by atoms with van der Waals surface area (Å²) in [6.07, 6.45) is 6.59. The number of carbonyl (C=O) groups excluding carboxylic acids is 1. The molecule has 0 N–H and O–H groups in total. The molecule has 2 aliphatic rings. The molecule has 0 saturated heterocycles. The van der Waals surface area contributed by atoms with Crippen LogP contribution in [0.15, 0.2) is 47.5 Å². The molecule has 1 spiro atoms. The molecule has 1 heterocycles. The van der Waals surface area contributed by atoms with E-state index < -0.39 is 0 Å². The first-order chi connectivity index (χ1) is 16.1. The summed E-state index contributed by atoms with van der Waals surface area (Å²) in [5.74, 6) is -0.0749. The van der Waals surface area contributed by atoms with Gasteiger partial charge in [0.15, 0.2) is 5.78 Å². The maximum absolute atomic E-state index is 14.8. The van der Waals surface area contributed by atoms with Crippen LogP contribution >= 0.6 is 11.6 Å². The summed E-state index contributed by atoms with van der Waals surface area (Å²) >= 11 is 6.21. The van der Waals surface area contributed by atoms with E-state index in [1.165, 1.54) is 6.07 Å². The van der Waals surface area contributed by atoms with Gasteiger partial charge in [0.2, 0.25) is 0 Å². The van der Waals surface area contributed by atoms with Gasteiger partial charge in [-0.3, -0.25) is 14.7 Å². The van der Waals surface area contributed by atoms with Crippen LogP contribution in [0.25, 0.3) is 0 Å². The number of carbonyl (C=O) groups is 1. The summed E-state index contributed by atoms with van der Waals surface area (Å²) in [4.78, 5) is 20.1. The minimum absolute atomic E-state index is 0.0875. The lowest BCUT2D eigenvalue weighted by Crippen LogP contribution is -2.48. The molecular weight excluding hydrogens is 447 g/mol. The molecule has 1 atom stereocenters. The summed E-state index contributed by atoms with van der Waals surface area (Å²) < 4.78 is 14.8.